The molecule has 0 spiro atoms. The minimum Gasteiger partial charge on any atom is -0.379 e. The molecule has 0 aliphatic carbocycles. The van der Waals surface area contributed by atoms with E-state index in [1.807, 2.05) is 0 Å². The first-order valence-corrected chi connectivity index (χ1v) is 8.14. The van der Waals surface area contributed by atoms with E-state index in [-0.39, 0.29) is 0 Å². The number of ether oxygens (including phenoxy) is 1. The molecule has 4 nitrogen and oxygen atoms in total. The fourth-order valence-electron chi connectivity index (χ4n) is 3.03. The Kier molecular flexibility index (Phi) is 4.78. The number of hydrogen-bond donors (Lipinski definition) is 0. The maximum Gasteiger partial charge on any atom is 0.124 e. The third kappa shape index (κ3) is 3.23. The van der Waals surface area contributed by atoms with Crippen LogP contribution in [0.5, 0.6) is 0 Å². The molecular weight excluding hydrogens is 286 g/mol. The number of aryl methyl sites for hydroxylation is 2. The van der Waals surface area contributed by atoms with Crippen LogP contribution in [0.25, 0.3) is 11.0 Å². The van der Waals surface area contributed by atoms with Crippen molar-refractivity contribution < 1.29 is 4.74 Å². The number of benzene rings is 1. The van der Waals surface area contributed by atoms with Crippen LogP contribution in [0.3, 0.4) is 0 Å². The summed E-state index contributed by atoms with van der Waals surface area (Å²) in [6.07, 6.45) is 1.11. The molecule has 114 valence electrons. The number of nitrogens with zero attached hydrogens (tertiary/aromatic N) is 3. The van der Waals surface area contributed by atoms with Gasteiger partial charge < -0.3 is 9.30 Å². The van der Waals surface area contributed by atoms with Gasteiger partial charge in [0.15, 0.2) is 0 Å². The van der Waals surface area contributed by atoms with Crippen molar-refractivity contribution in [3.05, 3.63) is 29.6 Å². The van der Waals surface area contributed by atoms with Crippen LogP contribution >= 0.6 is 11.6 Å². The normalized spacial score (nSPS) is 16.7. The van der Waals surface area contributed by atoms with Gasteiger partial charge in [-0.1, -0.05) is 12.1 Å². The van der Waals surface area contributed by atoms with E-state index in [0.29, 0.717) is 5.88 Å². The first kappa shape index (κ1) is 14.8. The Morgan fingerprint density at radius 3 is 2.81 bits per heavy atom. The summed E-state index contributed by atoms with van der Waals surface area (Å²) in [6.45, 7) is 8.04. The monoisotopic (exact) mass is 307 g/mol. The standard InChI is InChI=1S/C16H22ClN3O/c1-13-4-2-5-14-16(13)20(15(12-17)18-14)7-3-6-19-8-10-21-11-9-19/h2,4-5H,3,6-12H2,1H3. The number of imidazole rings is 1. The fraction of sp³-hybridized carbons (Fsp3) is 0.562. The zero-order valence-electron chi connectivity index (χ0n) is 12.5. The molecule has 1 aliphatic heterocycles. The summed E-state index contributed by atoms with van der Waals surface area (Å²) in [4.78, 5) is 7.12. The second kappa shape index (κ2) is 6.77. The highest BCUT2D eigenvalue weighted by molar-refractivity contribution is 6.16. The number of alkyl halides is 1. The molecule has 0 saturated carbocycles. The van der Waals surface area contributed by atoms with Gasteiger partial charge in [0.1, 0.15) is 5.82 Å². The molecule has 1 saturated heterocycles. The average Bonchev–Trinajstić information content (AvgIpc) is 2.88. The maximum absolute atomic E-state index is 6.07. The lowest BCUT2D eigenvalue weighted by atomic mass is 10.2. The fourth-order valence-corrected chi connectivity index (χ4v) is 3.24. The van der Waals surface area contributed by atoms with Crippen LogP contribution in [0.1, 0.15) is 17.8 Å². The summed E-state index contributed by atoms with van der Waals surface area (Å²) in [7, 11) is 0. The highest BCUT2D eigenvalue weighted by Crippen LogP contribution is 2.21. The molecular formula is C16H22ClN3O. The SMILES string of the molecule is Cc1cccc2nc(CCl)n(CCCN3CCOCC3)c12. The van der Waals surface area contributed by atoms with Crippen molar-refractivity contribution in [3.63, 3.8) is 0 Å². The average molecular weight is 308 g/mol. The molecule has 1 aromatic heterocycles. The molecule has 1 aliphatic rings. The van der Waals surface area contributed by atoms with E-state index < -0.39 is 0 Å². The Balaban J connectivity index is 1.73. The Hall–Kier alpha value is -1.10. The molecule has 0 unspecified atom stereocenters. The van der Waals surface area contributed by atoms with Crippen molar-refractivity contribution in [2.45, 2.75) is 25.8 Å². The lowest BCUT2D eigenvalue weighted by Gasteiger charge is -2.26. The minimum atomic E-state index is 0.464. The zero-order valence-corrected chi connectivity index (χ0v) is 13.3. The molecule has 0 amide bonds. The van der Waals surface area contributed by atoms with Crippen molar-refractivity contribution in [1.29, 1.82) is 0 Å². The topological polar surface area (TPSA) is 30.3 Å². The molecule has 5 heteroatoms. The second-order valence-corrected chi connectivity index (χ2v) is 5.83. The van der Waals surface area contributed by atoms with Gasteiger partial charge in [0, 0.05) is 26.2 Å². The largest absolute Gasteiger partial charge is 0.379 e. The lowest BCUT2D eigenvalue weighted by molar-refractivity contribution is 0.0369. The maximum atomic E-state index is 6.07. The van der Waals surface area contributed by atoms with Gasteiger partial charge in [0.05, 0.1) is 30.1 Å². The summed E-state index contributed by atoms with van der Waals surface area (Å²) in [6, 6.07) is 6.26. The van der Waals surface area contributed by atoms with Gasteiger partial charge in [-0.3, -0.25) is 4.90 Å². The van der Waals surface area contributed by atoms with Gasteiger partial charge >= 0.3 is 0 Å². The van der Waals surface area contributed by atoms with E-state index in [1.54, 1.807) is 0 Å². The molecule has 3 rings (SSSR count). The van der Waals surface area contributed by atoms with Crippen LogP contribution in [0.2, 0.25) is 0 Å². The zero-order chi connectivity index (χ0) is 14.7. The lowest BCUT2D eigenvalue weighted by Crippen LogP contribution is -2.37. The Morgan fingerprint density at radius 2 is 2.05 bits per heavy atom. The number of rotatable bonds is 5. The minimum absolute atomic E-state index is 0.464. The van der Waals surface area contributed by atoms with E-state index in [1.165, 1.54) is 11.1 Å². The summed E-state index contributed by atoms with van der Waals surface area (Å²) in [5.41, 5.74) is 3.55. The van der Waals surface area contributed by atoms with Crippen molar-refractivity contribution in [1.82, 2.24) is 14.5 Å². The predicted octanol–water partition coefficient (Wildman–Crippen LogP) is 2.81. The van der Waals surface area contributed by atoms with E-state index in [2.05, 4.69) is 39.6 Å². The Labute approximate surface area is 130 Å². The molecule has 0 N–H and O–H groups in total. The Bertz CT molecular complexity index is 605. The van der Waals surface area contributed by atoms with Crippen LogP contribution in [0.4, 0.5) is 0 Å². The molecule has 1 aromatic carbocycles. The molecule has 0 bridgehead atoms. The van der Waals surface area contributed by atoms with E-state index in [0.717, 1.165) is 57.2 Å². The number of hydrogen-bond acceptors (Lipinski definition) is 3. The summed E-state index contributed by atoms with van der Waals surface area (Å²) in [5, 5.41) is 0. The van der Waals surface area contributed by atoms with Gasteiger partial charge in [0.25, 0.3) is 0 Å². The molecule has 2 aromatic rings. The van der Waals surface area contributed by atoms with Gasteiger partial charge in [-0.05, 0) is 25.0 Å². The third-order valence-corrected chi connectivity index (χ3v) is 4.37. The van der Waals surface area contributed by atoms with Crippen LogP contribution in [0.15, 0.2) is 18.2 Å². The third-order valence-electron chi connectivity index (χ3n) is 4.13. The number of aromatic nitrogens is 2. The van der Waals surface area contributed by atoms with Crippen LogP contribution < -0.4 is 0 Å². The smallest absolute Gasteiger partial charge is 0.124 e. The predicted molar refractivity (Wildman–Crippen MR) is 85.9 cm³/mol. The molecule has 1 fully saturated rings. The van der Waals surface area contributed by atoms with Crippen LogP contribution in [0, 0.1) is 6.92 Å². The van der Waals surface area contributed by atoms with Crippen molar-refractivity contribution in [3.8, 4) is 0 Å². The molecule has 21 heavy (non-hydrogen) atoms. The first-order valence-electron chi connectivity index (χ1n) is 7.60. The number of para-hydroxylation sites is 1. The first-order chi connectivity index (χ1) is 10.3. The van der Waals surface area contributed by atoms with Gasteiger partial charge in [-0.2, -0.15) is 0 Å². The van der Waals surface area contributed by atoms with Gasteiger partial charge in [-0.15, -0.1) is 11.6 Å². The van der Waals surface area contributed by atoms with Crippen molar-refractivity contribution >= 4 is 22.6 Å². The molecule has 0 radical (unpaired) electrons. The quantitative estimate of drug-likeness (QED) is 0.796. The molecule has 0 atom stereocenters. The van der Waals surface area contributed by atoms with E-state index in [9.17, 15) is 0 Å². The van der Waals surface area contributed by atoms with Gasteiger partial charge in [-0.25, -0.2) is 4.98 Å². The highest BCUT2D eigenvalue weighted by Gasteiger charge is 2.13. The number of morpholine rings is 1. The summed E-state index contributed by atoms with van der Waals surface area (Å²) in [5.74, 6) is 1.44. The number of halogens is 1. The van der Waals surface area contributed by atoms with E-state index in [4.69, 9.17) is 16.3 Å². The second-order valence-electron chi connectivity index (χ2n) is 5.56. The van der Waals surface area contributed by atoms with Crippen molar-refractivity contribution in [2.24, 2.45) is 0 Å². The molecule has 2 heterocycles. The van der Waals surface area contributed by atoms with Crippen LogP contribution in [-0.2, 0) is 17.2 Å². The van der Waals surface area contributed by atoms with E-state index >= 15 is 0 Å². The van der Waals surface area contributed by atoms with Gasteiger partial charge in [0.2, 0.25) is 0 Å². The highest BCUT2D eigenvalue weighted by atomic mass is 35.5. The summed E-state index contributed by atoms with van der Waals surface area (Å²) < 4.78 is 7.68. The Morgan fingerprint density at radius 1 is 1.24 bits per heavy atom. The number of fused-ring (bicyclic) bond motifs is 1. The summed E-state index contributed by atoms with van der Waals surface area (Å²) >= 11 is 6.07. The van der Waals surface area contributed by atoms with Crippen LogP contribution in [-0.4, -0.2) is 47.3 Å². The van der Waals surface area contributed by atoms with Crippen molar-refractivity contribution in [2.75, 3.05) is 32.8 Å².